The van der Waals surface area contributed by atoms with E-state index in [0.29, 0.717) is 12.8 Å². The van der Waals surface area contributed by atoms with E-state index in [0.717, 1.165) is 17.1 Å². The Morgan fingerprint density at radius 3 is 2.94 bits per heavy atom. The minimum Gasteiger partial charge on any atom is -0.342 e. The Bertz CT molecular complexity index is 529. The van der Waals surface area contributed by atoms with E-state index >= 15 is 0 Å². The molecular weight excluding hydrogens is 212 g/mol. The fraction of sp³-hybridized carbons (Fsp3) is 0.286. The third kappa shape index (κ3) is 3.03. The molecule has 0 atom stereocenters. The van der Waals surface area contributed by atoms with Crippen LogP contribution < -0.4 is 0 Å². The Morgan fingerprint density at radius 1 is 1.41 bits per heavy atom. The summed E-state index contributed by atoms with van der Waals surface area (Å²) < 4.78 is 0. The van der Waals surface area contributed by atoms with Gasteiger partial charge in [0.25, 0.3) is 0 Å². The Labute approximate surface area is 101 Å². The Morgan fingerprint density at radius 2 is 2.24 bits per heavy atom. The second-order valence-corrected chi connectivity index (χ2v) is 4.32. The lowest BCUT2D eigenvalue weighted by Gasteiger charge is -1.98. The molecule has 0 amide bonds. The molecule has 88 valence electrons. The number of imidazole rings is 1. The van der Waals surface area contributed by atoms with Gasteiger partial charge in [0.15, 0.2) is 0 Å². The van der Waals surface area contributed by atoms with Gasteiger partial charge in [-0.25, -0.2) is 4.98 Å². The summed E-state index contributed by atoms with van der Waals surface area (Å²) in [5, 5.41) is 0. The second kappa shape index (κ2) is 4.95. The summed E-state index contributed by atoms with van der Waals surface area (Å²) in [5.41, 5.74) is 3.36. The molecule has 0 fully saturated rings. The molecule has 0 bridgehead atoms. The molecule has 1 heterocycles. The quantitative estimate of drug-likeness (QED) is 0.874. The number of rotatable bonds is 4. The number of hydrogen-bond acceptors (Lipinski definition) is 2. The van der Waals surface area contributed by atoms with Crippen molar-refractivity contribution in [3.8, 4) is 11.3 Å². The van der Waals surface area contributed by atoms with Crippen LogP contribution in [0.15, 0.2) is 30.5 Å². The number of nitrogens with zero attached hydrogens (tertiary/aromatic N) is 1. The second-order valence-electron chi connectivity index (χ2n) is 4.32. The number of nitrogens with one attached hydrogen (secondary N) is 1. The first kappa shape index (κ1) is 11.6. The highest BCUT2D eigenvalue weighted by molar-refractivity contribution is 5.75. The zero-order chi connectivity index (χ0) is 12.3. The van der Waals surface area contributed by atoms with E-state index in [2.05, 4.69) is 35.1 Å². The Hall–Kier alpha value is -1.90. The van der Waals surface area contributed by atoms with Gasteiger partial charge in [-0.2, -0.15) is 0 Å². The highest BCUT2D eigenvalue weighted by Gasteiger charge is 2.04. The number of Topliss-reactive ketones (excluding diaryl/α,β-unsaturated/α-hetero) is 1. The highest BCUT2D eigenvalue weighted by atomic mass is 16.1. The molecule has 1 N–H and O–H groups in total. The summed E-state index contributed by atoms with van der Waals surface area (Å²) in [6.45, 7) is 3.67. The molecule has 3 heteroatoms. The lowest BCUT2D eigenvalue weighted by molar-refractivity contribution is -0.117. The van der Waals surface area contributed by atoms with E-state index in [1.165, 1.54) is 5.56 Å². The molecular formula is C14H16N2O. The van der Waals surface area contributed by atoms with E-state index < -0.39 is 0 Å². The summed E-state index contributed by atoms with van der Waals surface area (Å²) in [4.78, 5) is 18.4. The molecule has 0 saturated carbocycles. The number of aryl methyl sites for hydroxylation is 2. The number of aromatic nitrogens is 2. The first-order valence-corrected chi connectivity index (χ1v) is 5.75. The third-order valence-corrected chi connectivity index (χ3v) is 2.67. The van der Waals surface area contributed by atoms with Crippen LogP contribution in [0.3, 0.4) is 0 Å². The molecule has 1 aromatic heterocycles. The van der Waals surface area contributed by atoms with E-state index in [1.54, 1.807) is 6.92 Å². The van der Waals surface area contributed by atoms with Crippen LogP contribution in [0.4, 0.5) is 0 Å². The molecule has 1 aromatic carbocycles. The van der Waals surface area contributed by atoms with E-state index in [9.17, 15) is 4.79 Å². The van der Waals surface area contributed by atoms with E-state index in [4.69, 9.17) is 0 Å². The largest absolute Gasteiger partial charge is 0.342 e. The van der Waals surface area contributed by atoms with Gasteiger partial charge in [0, 0.05) is 12.8 Å². The molecule has 3 nitrogen and oxygen atoms in total. The molecule has 2 rings (SSSR count). The average molecular weight is 228 g/mol. The van der Waals surface area contributed by atoms with Crippen molar-refractivity contribution in [1.29, 1.82) is 0 Å². The molecule has 0 unspecified atom stereocenters. The number of ketones is 1. The number of H-pyrrole nitrogens is 1. The summed E-state index contributed by atoms with van der Waals surface area (Å²) >= 11 is 0. The third-order valence-electron chi connectivity index (χ3n) is 2.67. The molecule has 2 aromatic rings. The summed E-state index contributed by atoms with van der Waals surface area (Å²) in [5.74, 6) is 1.07. The predicted molar refractivity (Wildman–Crippen MR) is 67.8 cm³/mol. The lowest BCUT2D eigenvalue weighted by Crippen LogP contribution is -1.95. The molecule has 0 aliphatic carbocycles. The van der Waals surface area contributed by atoms with Crippen LogP contribution in [-0.2, 0) is 11.2 Å². The Kier molecular flexibility index (Phi) is 3.38. The van der Waals surface area contributed by atoms with Crippen LogP contribution in [0.1, 0.15) is 24.7 Å². The first-order valence-electron chi connectivity index (χ1n) is 5.75. The standard InChI is InChI=1S/C14H16N2O/c1-10-4-3-5-12(8-10)13-9-15-14(16-13)7-6-11(2)17/h3-5,8-9H,6-7H2,1-2H3,(H,15,16). The van der Waals surface area contributed by atoms with Crippen LogP contribution in [0.5, 0.6) is 0 Å². The van der Waals surface area contributed by atoms with Gasteiger partial charge in [-0.15, -0.1) is 0 Å². The van der Waals surface area contributed by atoms with Crippen LogP contribution in [-0.4, -0.2) is 15.8 Å². The molecule has 0 spiro atoms. The SMILES string of the molecule is CC(=O)CCc1ncc(-c2cccc(C)c2)[nH]1. The van der Waals surface area contributed by atoms with E-state index in [-0.39, 0.29) is 5.78 Å². The van der Waals surface area contributed by atoms with Crippen molar-refractivity contribution in [1.82, 2.24) is 9.97 Å². The summed E-state index contributed by atoms with van der Waals surface area (Å²) in [6, 6.07) is 8.26. The minimum atomic E-state index is 0.193. The maximum atomic E-state index is 10.9. The highest BCUT2D eigenvalue weighted by Crippen LogP contribution is 2.18. The van der Waals surface area contributed by atoms with Crippen molar-refractivity contribution in [3.63, 3.8) is 0 Å². The van der Waals surface area contributed by atoms with Gasteiger partial charge >= 0.3 is 0 Å². The average Bonchev–Trinajstić information content (AvgIpc) is 2.75. The number of carbonyl (C=O) groups is 1. The number of carbonyl (C=O) groups excluding carboxylic acids is 1. The minimum absolute atomic E-state index is 0.193. The van der Waals surface area contributed by atoms with Crippen molar-refractivity contribution in [2.24, 2.45) is 0 Å². The summed E-state index contributed by atoms with van der Waals surface area (Å²) in [6.07, 6.45) is 3.05. The van der Waals surface area contributed by atoms with Gasteiger partial charge in [-0.05, 0) is 25.5 Å². The van der Waals surface area contributed by atoms with Crippen molar-refractivity contribution < 1.29 is 4.79 Å². The lowest BCUT2D eigenvalue weighted by atomic mass is 10.1. The van der Waals surface area contributed by atoms with Gasteiger partial charge < -0.3 is 9.78 Å². The fourth-order valence-electron chi connectivity index (χ4n) is 1.74. The normalized spacial score (nSPS) is 10.5. The molecule has 0 saturated heterocycles. The monoisotopic (exact) mass is 228 g/mol. The van der Waals surface area contributed by atoms with Crippen molar-refractivity contribution >= 4 is 5.78 Å². The predicted octanol–water partition coefficient (Wildman–Crippen LogP) is 2.91. The zero-order valence-electron chi connectivity index (χ0n) is 10.2. The topological polar surface area (TPSA) is 45.8 Å². The van der Waals surface area contributed by atoms with Crippen LogP contribution in [0.2, 0.25) is 0 Å². The number of hydrogen-bond donors (Lipinski definition) is 1. The van der Waals surface area contributed by atoms with Crippen molar-refractivity contribution in [3.05, 3.63) is 41.9 Å². The van der Waals surface area contributed by atoms with Gasteiger partial charge in [-0.3, -0.25) is 0 Å². The molecule has 0 radical (unpaired) electrons. The van der Waals surface area contributed by atoms with Crippen LogP contribution in [0.25, 0.3) is 11.3 Å². The van der Waals surface area contributed by atoms with Gasteiger partial charge in [0.1, 0.15) is 11.6 Å². The molecule has 0 aliphatic heterocycles. The van der Waals surface area contributed by atoms with E-state index in [1.807, 2.05) is 12.3 Å². The van der Waals surface area contributed by atoms with Gasteiger partial charge in [0.05, 0.1) is 11.9 Å². The van der Waals surface area contributed by atoms with Gasteiger partial charge in [-0.1, -0.05) is 23.8 Å². The fourth-order valence-corrected chi connectivity index (χ4v) is 1.74. The zero-order valence-corrected chi connectivity index (χ0v) is 10.2. The van der Waals surface area contributed by atoms with Crippen LogP contribution in [0, 0.1) is 6.92 Å². The van der Waals surface area contributed by atoms with Gasteiger partial charge in [0.2, 0.25) is 0 Å². The number of aromatic amines is 1. The molecule has 0 aliphatic rings. The van der Waals surface area contributed by atoms with Crippen molar-refractivity contribution in [2.45, 2.75) is 26.7 Å². The number of benzene rings is 1. The summed E-state index contributed by atoms with van der Waals surface area (Å²) in [7, 11) is 0. The molecule has 17 heavy (non-hydrogen) atoms. The van der Waals surface area contributed by atoms with Crippen LogP contribution >= 0.6 is 0 Å². The Balaban J connectivity index is 2.15. The smallest absolute Gasteiger partial charge is 0.130 e. The van der Waals surface area contributed by atoms with Crippen molar-refractivity contribution in [2.75, 3.05) is 0 Å². The maximum absolute atomic E-state index is 10.9. The maximum Gasteiger partial charge on any atom is 0.130 e. The first-order chi connectivity index (χ1) is 8.15.